The van der Waals surface area contributed by atoms with Gasteiger partial charge in [-0.3, -0.25) is 9.59 Å². The Morgan fingerprint density at radius 1 is 1.32 bits per heavy atom. The van der Waals surface area contributed by atoms with Gasteiger partial charge in [-0.05, 0) is 55.2 Å². The molecule has 25 heavy (non-hydrogen) atoms. The fraction of sp³-hybridized carbons (Fsp3) is 0.211. The van der Waals surface area contributed by atoms with Crippen molar-refractivity contribution in [3.8, 4) is 0 Å². The van der Waals surface area contributed by atoms with Gasteiger partial charge in [0.1, 0.15) is 5.82 Å². The number of allylic oxidation sites excluding steroid dienone is 3. The van der Waals surface area contributed by atoms with E-state index in [-0.39, 0.29) is 22.4 Å². The van der Waals surface area contributed by atoms with Crippen LogP contribution in [-0.2, 0) is 4.79 Å². The average molecular weight is 357 g/mol. The number of halogens is 2. The maximum atomic E-state index is 13.1. The fourth-order valence-electron chi connectivity index (χ4n) is 3.50. The molecule has 2 amide bonds. The van der Waals surface area contributed by atoms with E-state index in [1.165, 1.54) is 17.7 Å². The molecule has 0 spiro atoms. The van der Waals surface area contributed by atoms with Crippen LogP contribution in [0.4, 0.5) is 4.39 Å². The summed E-state index contributed by atoms with van der Waals surface area (Å²) in [5.74, 6) is -1.07. The van der Waals surface area contributed by atoms with Gasteiger partial charge in [0.25, 0.3) is 11.8 Å². The number of nitrogens with one attached hydrogen (secondary N) is 1. The van der Waals surface area contributed by atoms with Crippen molar-refractivity contribution in [3.05, 3.63) is 69.7 Å². The van der Waals surface area contributed by atoms with Crippen molar-refractivity contribution < 1.29 is 14.0 Å². The minimum absolute atomic E-state index is 0.0198. The summed E-state index contributed by atoms with van der Waals surface area (Å²) >= 11 is 5.91. The number of carbonyl (C=O) groups is 2. The number of nitrogens with zero attached hydrogens (tertiary/aromatic N) is 1. The molecule has 0 saturated carbocycles. The van der Waals surface area contributed by atoms with E-state index in [0.717, 1.165) is 36.6 Å². The molecule has 126 valence electrons. The molecule has 1 atom stereocenters. The maximum Gasteiger partial charge on any atom is 0.279 e. The minimum Gasteiger partial charge on any atom is -0.325 e. The second kappa shape index (κ2) is 6.08. The van der Waals surface area contributed by atoms with E-state index in [2.05, 4.69) is 10.3 Å². The van der Waals surface area contributed by atoms with Crippen LogP contribution in [-0.4, -0.2) is 17.5 Å². The third-order valence-corrected chi connectivity index (χ3v) is 4.97. The van der Waals surface area contributed by atoms with Gasteiger partial charge in [-0.2, -0.15) is 0 Å². The van der Waals surface area contributed by atoms with Crippen molar-refractivity contribution in [2.75, 3.05) is 0 Å². The van der Waals surface area contributed by atoms with Crippen LogP contribution in [0.5, 0.6) is 0 Å². The number of hydrogen-bond donors (Lipinski definition) is 1. The highest BCUT2D eigenvalue weighted by Gasteiger charge is 2.34. The minimum atomic E-state index is -0.553. The second-order valence-corrected chi connectivity index (χ2v) is 6.62. The SMILES string of the molecule is O=C1NC2=CC(=NC(=O)c3ccc(F)cc3Cl)C=CC2C2=C1CCC2. The lowest BCUT2D eigenvalue weighted by atomic mass is 9.85. The molecule has 1 N–H and O–H groups in total. The number of hydrogen-bond acceptors (Lipinski definition) is 2. The Kier molecular flexibility index (Phi) is 3.88. The molecule has 0 aromatic heterocycles. The molecule has 0 bridgehead atoms. The average Bonchev–Trinajstić information content (AvgIpc) is 3.05. The van der Waals surface area contributed by atoms with E-state index in [9.17, 15) is 14.0 Å². The Morgan fingerprint density at radius 3 is 2.96 bits per heavy atom. The second-order valence-electron chi connectivity index (χ2n) is 6.21. The van der Waals surface area contributed by atoms with Gasteiger partial charge in [0, 0.05) is 17.2 Å². The van der Waals surface area contributed by atoms with Crippen molar-refractivity contribution >= 4 is 29.1 Å². The Bertz CT molecular complexity index is 927. The van der Waals surface area contributed by atoms with E-state index >= 15 is 0 Å². The standard InChI is InChI=1S/C19H14ClFN2O2/c20-16-8-10(21)4-6-15(16)19(25)22-11-5-7-13-12-2-1-3-14(12)18(24)23-17(13)9-11/h4-9,13H,1-3H2,(H,23,24). The first-order valence-electron chi connectivity index (χ1n) is 8.04. The summed E-state index contributed by atoms with van der Waals surface area (Å²) in [7, 11) is 0. The quantitative estimate of drug-likeness (QED) is 0.833. The number of rotatable bonds is 1. The van der Waals surface area contributed by atoms with Crippen molar-refractivity contribution in [1.82, 2.24) is 5.32 Å². The van der Waals surface area contributed by atoms with Crippen molar-refractivity contribution in [2.45, 2.75) is 19.3 Å². The lowest BCUT2D eigenvalue weighted by Crippen LogP contribution is -2.35. The van der Waals surface area contributed by atoms with Crippen LogP contribution in [0, 0.1) is 11.7 Å². The summed E-state index contributed by atoms with van der Waals surface area (Å²) in [5, 5.41) is 2.92. The summed E-state index contributed by atoms with van der Waals surface area (Å²) in [6.07, 6.45) is 8.17. The Morgan fingerprint density at radius 2 is 2.16 bits per heavy atom. The number of benzene rings is 1. The van der Waals surface area contributed by atoms with E-state index in [4.69, 9.17) is 11.6 Å². The van der Waals surface area contributed by atoms with Crippen LogP contribution in [0.1, 0.15) is 29.6 Å². The summed E-state index contributed by atoms with van der Waals surface area (Å²) in [5.41, 5.74) is 3.36. The molecule has 0 radical (unpaired) electrons. The monoisotopic (exact) mass is 356 g/mol. The van der Waals surface area contributed by atoms with E-state index < -0.39 is 11.7 Å². The van der Waals surface area contributed by atoms with Crippen molar-refractivity contribution in [1.29, 1.82) is 0 Å². The zero-order chi connectivity index (χ0) is 17.6. The summed E-state index contributed by atoms with van der Waals surface area (Å²) in [4.78, 5) is 28.5. The Labute approximate surface area is 148 Å². The Balaban J connectivity index is 1.63. The molecule has 1 unspecified atom stereocenters. The van der Waals surface area contributed by atoms with Crippen LogP contribution in [0.3, 0.4) is 0 Å². The lowest BCUT2D eigenvalue weighted by molar-refractivity contribution is -0.117. The summed E-state index contributed by atoms with van der Waals surface area (Å²) < 4.78 is 13.1. The van der Waals surface area contributed by atoms with Gasteiger partial charge in [0.05, 0.1) is 16.3 Å². The van der Waals surface area contributed by atoms with Gasteiger partial charge in [0.2, 0.25) is 0 Å². The topological polar surface area (TPSA) is 58.5 Å². The van der Waals surface area contributed by atoms with Gasteiger partial charge in [0.15, 0.2) is 0 Å². The number of carbonyl (C=O) groups excluding carboxylic acids is 2. The predicted octanol–water partition coefficient (Wildman–Crippen LogP) is 3.74. The van der Waals surface area contributed by atoms with Crippen molar-refractivity contribution in [2.24, 2.45) is 10.9 Å². The first kappa shape index (κ1) is 16.0. The maximum absolute atomic E-state index is 13.1. The van der Waals surface area contributed by atoms with Gasteiger partial charge >= 0.3 is 0 Å². The van der Waals surface area contributed by atoms with E-state index in [1.54, 1.807) is 12.2 Å². The number of aliphatic imine (C=N–C) groups is 1. The van der Waals surface area contributed by atoms with Gasteiger partial charge < -0.3 is 5.32 Å². The van der Waals surface area contributed by atoms with Crippen LogP contribution in [0.25, 0.3) is 0 Å². The third kappa shape index (κ3) is 2.85. The van der Waals surface area contributed by atoms with Crippen molar-refractivity contribution in [3.63, 3.8) is 0 Å². The molecule has 4 rings (SSSR count). The molecular weight excluding hydrogens is 343 g/mol. The third-order valence-electron chi connectivity index (χ3n) is 4.66. The molecule has 1 aromatic rings. The smallest absolute Gasteiger partial charge is 0.279 e. The number of fused-ring (bicyclic) bond motifs is 2. The highest BCUT2D eigenvalue weighted by atomic mass is 35.5. The molecule has 4 nitrogen and oxygen atoms in total. The van der Waals surface area contributed by atoms with Crippen LogP contribution in [0.2, 0.25) is 5.02 Å². The summed E-state index contributed by atoms with van der Waals surface area (Å²) in [6, 6.07) is 3.56. The lowest BCUT2D eigenvalue weighted by Gasteiger charge is -2.28. The molecule has 1 heterocycles. The molecular formula is C19H14ClFN2O2. The zero-order valence-corrected chi connectivity index (χ0v) is 13.9. The largest absolute Gasteiger partial charge is 0.325 e. The molecule has 2 aliphatic carbocycles. The molecule has 3 aliphatic rings. The highest BCUT2D eigenvalue weighted by Crippen LogP contribution is 2.39. The van der Waals surface area contributed by atoms with Crippen LogP contribution in [0.15, 0.2) is 58.3 Å². The molecule has 1 aromatic carbocycles. The van der Waals surface area contributed by atoms with Crippen LogP contribution >= 0.6 is 11.6 Å². The van der Waals surface area contributed by atoms with E-state index in [0.29, 0.717) is 5.71 Å². The predicted molar refractivity (Wildman–Crippen MR) is 92.9 cm³/mol. The molecule has 0 saturated heterocycles. The van der Waals surface area contributed by atoms with E-state index in [1.807, 2.05) is 6.08 Å². The normalized spacial score (nSPS) is 23.3. The molecule has 1 aliphatic heterocycles. The van der Waals surface area contributed by atoms with Gasteiger partial charge in [-0.25, -0.2) is 9.38 Å². The first-order valence-corrected chi connectivity index (χ1v) is 8.42. The zero-order valence-electron chi connectivity index (χ0n) is 13.2. The number of amides is 2. The van der Waals surface area contributed by atoms with Crippen LogP contribution < -0.4 is 5.32 Å². The Hall–Kier alpha value is -2.53. The highest BCUT2D eigenvalue weighted by molar-refractivity contribution is 6.34. The van der Waals surface area contributed by atoms with Gasteiger partial charge in [-0.1, -0.05) is 17.7 Å². The fourth-order valence-corrected chi connectivity index (χ4v) is 3.75. The first-order chi connectivity index (χ1) is 12.0. The molecule has 0 fully saturated rings. The van der Waals surface area contributed by atoms with Gasteiger partial charge in [-0.15, -0.1) is 0 Å². The summed E-state index contributed by atoms with van der Waals surface area (Å²) in [6.45, 7) is 0. The molecule has 6 heteroatoms.